The van der Waals surface area contributed by atoms with E-state index in [-0.39, 0.29) is 11.3 Å². The number of rotatable bonds is 5. The van der Waals surface area contributed by atoms with Gasteiger partial charge in [0, 0.05) is 48.9 Å². The Morgan fingerprint density at radius 2 is 1.71 bits per heavy atom. The van der Waals surface area contributed by atoms with Crippen LogP contribution in [0.15, 0.2) is 48.5 Å². The fraction of sp³-hybridized carbons (Fsp3) is 0.231. The number of nitrogen functional groups attached to an aromatic ring is 1. The van der Waals surface area contributed by atoms with Crippen molar-refractivity contribution in [3.05, 3.63) is 76.9 Å². The van der Waals surface area contributed by atoms with Gasteiger partial charge in [0.25, 0.3) is 5.91 Å². The second-order valence-corrected chi connectivity index (χ2v) is 8.98. The maximum Gasteiger partial charge on any atom is 0.250 e. The van der Waals surface area contributed by atoms with Crippen LogP contribution in [0, 0.1) is 11.6 Å². The van der Waals surface area contributed by atoms with Crippen LogP contribution < -0.4 is 16.4 Å². The van der Waals surface area contributed by atoms with Crippen molar-refractivity contribution < 1.29 is 13.6 Å². The second-order valence-electron chi connectivity index (χ2n) is 8.98. The third-order valence-electron chi connectivity index (χ3n) is 6.53. The van der Waals surface area contributed by atoms with Crippen LogP contribution in [0.4, 0.5) is 20.2 Å². The summed E-state index contributed by atoms with van der Waals surface area (Å²) >= 11 is 0. The van der Waals surface area contributed by atoms with Crippen molar-refractivity contribution in [2.24, 2.45) is 5.73 Å². The number of anilines is 2. The van der Waals surface area contributed by atoms with Gasteiger partial charge in [-0.1, -0.05) is 6.07 Å². The molecule has 0 unspecified atom stereocenters. The van der Waals surface area contributed by atoms with Crippen molar-refractivity contribution in [1.82, 2.24) is 15.1 Å². The lowest BCUT2D eigenvalue weighted by Crippen LogP contribution is -2.44. The Bertz CT molecular complexity index is 1400. The summed E-state index contributed by atoms with van der Waals surface area (Å²) in [6.45, 7) is 3.40. The molecule has 35 heavy (non-hydrogen) atoms. The standard InChI is InChI=1S/C26H26F2N6O/c1-33-6-8-34(9-7-33)22-5-3-19(26(30)35)24(29)23(22)25-20-13-15(2-4-21(20)31-32-25)10-16-11-17(27)14-18(28)12-16/h2-5,11-14H,6-10,29H2,1H3,(H2,30,35)(H,31,32). The van der Waals surface area contributed by atoms with Crippen LogP contribution in [-0.4, -0.2) is 54.2 Å². The van der Waals surface area contributed by atoms with Crippen LogP contribution >= 0.6 is 0 Å². The van der Waals surface area contributed by atoms with E-state index in [1.165, 1.54) is 12.1 Å². The first-order valence-electron chi connectivity index (χ1n) is 11.4. The van der Waals surface area contributed by atoms with Gasteiger partial charge in [0.05, 0.1) is 16.8 Å². The zero-order chi connectivity index (χ0) is 24.7. The monoisotopic (exact) mass is 476 g/mol. The van der Waals surface area contributed by atoms with Gasteiger partial charge in [-0.3, -0.25) is 9.89 Å². The van der Waals surface area contributed by atoms with Gasteiger partial charge in [-0.2, -0.15) is 5.10 Å². The maximum absolute atomic E-state index is 13.7. The number of hydrogen-bond donors (Lipinski definition) is 3. The predicted molar refractivity (Wildman–Crippen MR) is 133 cm³/mol. The van der Waals surface area contributed by atoms with Crippen LogP contribution in [0.25, 0.3) is 22.2 Å². The number of carbonyl (C=O) groups excluding carboxylic acids is 1. The summed E-state index contributed by atoms with van der Waals surface area (Å²) in [5.41, 5.74) is 16.9. The summed E-state index contributed by atoms with van der Waals surface area (Å²) in [6, 6.07) is 12.7. The molecule has 0 bridgehead atoms. The van der Waals surface area contributed by atoms with Gasteiger partial charge in [0.1, 0.15) is 17.3 Å². The molecule has 1 aromatic heterocycles. The lowest BCUT2D eigenvalue weighted by Gasteiger charge is -2.35. The highest BCUT2D eigenvalue weighted by molar-refractivity contribution is 6.07. The number of benzene rings is 3. The summed E-state index contributed by atoms with van der Waals surface area (Å²) in [6.07, 6.45) is 0.345. The highest BCUT2D eigenvalue weighted by Gasteiger charge is 2.25. The van der Waals surface area contributed by atoms with Crippen LogP contribution in [0.3, 0.4) is 0 Å². The molecule has 0 saturated carbocycles. The minimum absolute atomic E-state index is 0.236. The lowest BCUT2D eigenvalue weighted by atomic mass is 9.96. The number of nitrogens with zero attached hydrogens (tertiary/aromatic N) is 3. The summed E-state index contributed by atoms with van der Waals surface area (Å²) in [5, 5.41) is 8.39. The van der Waals surface area contributed by atoms with E-state index in [9.17, 15) is 13.6 Å². The van der Waals surface area contributed by atoms with E-state index in [1.54, 1.807) is 6.07 Å². The fourth-order valence-corrected chi connectivity index (χ4v) is 4.69. The smallest absolute Gasteiger partial charge is 0.250 e. The maximum atomic E-state index is 13.7. The van der Waals surface area contributed by atoms with E-state index in [1.807, 2.05) is 24.3 Å². The molecule has 1 fully saturated rings. The lowest BCUT2D eigenvalue weighted by molar-refractivity contribution is 0.100. The van der Waals surface area contributed by atoms with E-state index in [0.29, 0.717) is 23.2 Å². The first-order chi connectivity index (χ1) is 16.8. The van der Waals surface area contributed by atoms with E-state index >= 15 is 0 Å². The van der Waals surface area contributed by atoms with Gasteiger partial charge in [-0.15, -0.1) is 0 Å². The average molecular weight is 477 g/mol. The topological polar surface area (TPSA) is 104 Å². The van der Waals surface area contributed by atoms with Crippen LogP contribution in [-0.2, 0) is 6.42 Å². The van der Waals surface area contributed by atoms with E-state index in [4.69, 9.17) is 11.5 Å². The molecule has 5 rings (SSSR count). The number of piperazine rings is 1. The number of aromatic nitrogens is 2. The molecule has 1 saturated heterocycles. The summed E-state index contributed by atoms with van der Waals surface area (Å²) in [7, 11) is 2.08. The average Bonchev–Trinajstić information content (AvgIpc) is 3.21. The van der Waals surface area contributed by atoms with E-state index < -0.39 is 17.5 Å². The zero-order valence-corrected chi connectivity index (χ0v) is 19.3. The molecule has 2 heterocycles. The number of hydrogen-bond acceptors (Lipinski definition) is 5. The van der Waals surface area contributed by atoms with Crippen molar-refractivity contribution in [3.8, 4) is 11.3 Å². The molecule has 0 radical (unpaired) electrons. The number of likely N-dealkylation sites (N-methyl/N-ethyl adjacent to an activating group) is 1. The second kappa shape index (κ2) is 8.99. The number of fused-ring (bicyclic) bond motifs is 1. The molecular weight excluding hydrogens is 450 g/mol. The van der Waals surface area contributed by atoms with Crippen LogP contribution in [0.5, 0.6) is 0 Å². The molecule has 4 aromatic rings. The molecule has 7 nitrogen and oxygen atoms in total. The van der Waals surface area contributed by atoms with Gasteiger partial charge in [-0.05, 0) is 61.0 Å². The van der Waals surface area contributed by atoms with E-state index in [0.717, 1.165) is 54.4 Å². The Morgan fingerprint density at radius 1 is 1.00 bits per heavy atom. The Kier molecular flexibility index (Phi) is 5.86. The number of nitrogens with two attached hydrogens (primary N) is 2. The number of aromatic amines is 1. The number of primary amides is 1. The number of nitrogens with one attached hydrogen (secondary N) is 1. The quantitative estimate of drug-likeness (QED) is 0.382. The number of halogens is 2. The van der Waals surface area contributed by atoms with Crippen molar-refractivity contribution in [2.45, 2.75) is 6.42 Å². The van der Waals surface area contributed by atoms with Crippen molar-refractivity contribution in [2.75, 3.05) is 43.9 Å². The molecule has 180 valence electrons. The normalized spacial score (nSPS) is 14.5. The van der Waals surface area contributed by atoms with Gasteiger partial charge in [0.15, 0.2) is 0 Å². The van der Waals surface area contributed by atoms with Gasteiger partial charge >= 0.3 is 0 Å². The third-order valence-corrected chi connectivity index (χ3v) is 6.53. The van der Waals surface area contributed by atoms with Gasteiger partial charge < -0.3 is 21.3 Å². The van der Waals surface area contributed by atoms with Crippen LogP contribution in [0.2, 0.25) is 0 Å². The third kappa shape index (κ3) is 4.42. The number of amides is 1. The minimum Gasteiger partial charge on any atom is -0.397 e. The first-order valence-corrected chi connectivity index (χ1v) is 11.4. The molecule has 5 N–H and O–H groups in total. The van der Waals surface area contributed by atoms with Gasteiger partial charge in [-0.25, -0.2) is 8.78 Å². The fourth-order valence-electron chi connectivity index (χ4n) is 4.69. The summed E-state index contributed by atoms with van der Waals surface area (Å²) < 4.78 is 27.4. The number of carbonyl (C=O) groups is 1. The van der Waals surface area contributed by atoms with E-state index in [2.05, 4.69) is 27.0 Å². The SMILES string of the molecule is CN1CCN(c2ccc(C(N)=O)c(N)c2-c2n[nH]c3ccc(Cc4cc(F)cc(F)c4)cc23)CC1. The predicted octanol–water partition coefficient (Wildman–Crippen LogP) is 3.53. The highest BCUT2D eigenvalue weighted by Crippen LogP contribution is 2.40. The Hall–Kier alpha value is -3.98. The zero-order valence-electron chi connectivity index (χ0n) is 19.3. The molecule has 1 aliphatic rings. The van der Waals surface area contributed by atoms with Crippen molar-refractivity contribution in [3.63, 3.8) is 0 Å². The molecule has 0 aliphatic carbocycles. The molecule has 9 heteroatoms. The molecular formula is C26H26F2N6O. The Balaban J connectivity index is 1.63. The molecule has 1 aliphatic heterocycles. The van der Waals surface area contributed by atoms with Crippen LogP contribution in [0.1, 0.15) is 21.5 Å². The first kappa shape index (κ1) is 22.8. The molecule has 0 atom stereocenters. The largest absolute Gasteiger partial charge is 0.397 e. The van der Waals surface area contributed by atoms with Crippen molar-refractivity contribution in [1.29, 1.82) is 0 Å². The number of H-pyrrole nitrogens is 1. The highest BCUT2D eigenvalue weighted by atomic mass is 19.1. The summed E-state index contributed by atoms with van der Waals surface area (Å²) in [4.78, 5) is 16.6. The molecule has 3 aromatic carbocycles. The van der Waals surface area contributed by atoms with Crippen molar-refractivity contribution >= 4 is 28.2 Å². The Morgan fingerprint density at radius 3 is 2.40 bits per heavy atom. The molecule has 1 amide bonds. The summed E-state index contributed by atoms with van der Waals surface area (Å²) in [5.74, 6) is -1.83. The molecule has 0 spiro atoms. The van der Waals surface area contributed by atoms with Gasteiger partial charge in [0.2, 0.25) is 0 Å². The minimum atomic E-state index is -0.613. The Labute approximate surface area is 201 Å².